The number of nitrogens with one attached hydrogen (secondary N) is 1. The van der Waals surface area contributed by atoms with Gasteiger partial charge in [-0.3, -0.25) is 4.90 Å². The van der Waals surface area contributed by atoms with E-state index >= 15 is 0 Å². The van der Waals surface area contributed by atoms with Crippen molar-refractivity contribution in [1.82, 2.24) is 14.9 Å². The summed E-state index contributed by atoms with van der Waals surface area (Å²) in [6.45, 7) is 5.80. The molecule has 0 radical (unpaired) electrons. The summed E-state index contributed by atoms with van der Waals surface area (Å²) in [5.41, 5.74) is 0. The van der Waals surface area contributed by atoms with Gasteiger partial charge in [-0.1, -0.05) is 0 Å². The van der Waals surface area contributed by atoms with Crippen LogP contribution in [0.2, 0.25) is 0 Å². The van der Waals surface area contributed by atoms with Crippen molar-refractivity contribution >= 4 is 21.7 Å². The molecule has 0 amide bonds. The third-order valence-corrected chi connectivity index (χ3v) is 4.36. The number of fused-ring (bicyclic) bond motifs is 1. The molecule has 2 saturated heterocycles. The third-order valence-electron chi connectivity index (χ3n) is 3.78. The monoisotopic (exact) mass is 326 g/mol. The molecule has 3 rings (SSSR count). The van der Waals surface area contributed by atoms with E-state index in [-0.39, 0.29) is 6.10 Å². The fraction of sp³-hybridized carbons (Fsp3) is 0.692. The van der Waals surface area contributed by atoms with Crippen LogP contribution < -0.4 is 5.32 Å². The van der Waals surface area contributed by atoms with E-state index in [9.17, 15) is 0 Å². The minimum Gasteiger partial charge on any atom is -0.369 e. The molecule has 1 aromatic heterocycles. The number of halogens is 1. The smallest absolute Gasteiger partial charge is 0.160 e. The zero-order valence-electron chi connectivity index (χ0n) is 11.1. The molecule has 0 bridgehead atoms. The first kappa shape index (κ1) is 13.3. The van der Waals surface area contributed by atoms with E-state index in [1.807, 2.05) is 0 Å². The SMILES string of the molecule is CCNc1nc(C2CN3CCCC3CO2)ncc1Br. The average molecular weight is 327 g/mol. The molecule has 0 aromatic carbocycles. The van der Waals surface area contributed by atoms with Crippen molar-refractivity contribution in [3.8, 4) is 0 Å². The van der Waals surface area contributed by atoms with Gasteiger partial charge in [-0.15, -0.1) is 0 Å². The quantitative estimate of drug-likeness (QED) is 0.922. The molecule has 2 aliphatic heterocycles. The van der Waals surface area contributed by atoms with Gasteiger partial charge in [0.25, 0.3) is 0 Å². The van der Waals surface area contributed by atoms with Crippen LogP contribution in [-0.4, -0.2) is 47.2 Å². The van der Waals surface area contributed by atoms with E-state index in [0.717, 1.165) is 35.8 Å². The molecule has 2 aliphatic rings. The molecule has 2 atom stereocenters. The number of hydrogen-bond acceptors (Lipinski definition) is 5. The molecule has 0 aliphatic carbocycles. The van der Waals surface area contributed by atoms with Gasteiger partial charge in [0.1, 0.15) is 11.9 Å². The van der Waals surface area contributed by atoms with Crippen molar-refractivity contribution in [2.75, 3.05) is 31.6 Å². The number of hydrogen-bond donors (Lipinski definition) is 1. The van der Waals surface area contributed by atoms with Crippen molar-refractivity contribution in [2.45, 2.75) is 31.9 Å². The normalized spacial score (nSPS) is 27.3. The highest BCUT2D eigenvalue weighted by Crippen LogP contribution is 2.30. The minimum atomic E-state index is -0.000133. The van der Waals surface area contributed by atoms with Gasteiger partial charge >= 0.3 is 0 Å². The number of aromatic nitrogens is 2. The van der Waals surface area contributed by atoms with Crippen LogP contribution in [0.25, 0.3) is 0 Å². The van der Waals surface area contributed by atoms with Crippen molar-refractivity contribution in [3.63, 3.8) is 0 Å². The summed E-state index contributed by atoms with van der Waals surface area (Å²) in [5.74, 6) is 1.63. The Hall–Kier alpha value is -0.720. The van der Waals surface area contributed by atoms with Crippen molar-refractivity contribution in [3.05, 3.63) is 16.5 Å². The minimum absolute atomic E-state index is 0.000133. The second kappa shape index (κ2) is 5.73. The van der Waals surface area contributed by atoms with E-state index in [1.165, 1.54) is 19.4 Å². The average Bonchev–Trinajstić information content (AvgIpc) is 2.89. The number of morpholine rings is 1. The lowest BCUT2D eigenvalue weighted by atomic mass is 10.2. The summed E-state index contributed by atoms with van der Waals surface area (Å²) in [4.78, 5) is 11.5. The number of anilines is 1. The summed E-state index contributed by atoms with van der Waals surface area (Å²) < 4.78 is 6.84. The zero-order chi connectivity index (χ0) is 13.2. The van der Waals surface area contributed by atoms with Gasteiger partial charge in [0.2, 0.25) is 0 Å². The predicted molar refractivity (Wildman–Crippen MR) is 77.2 cm³/mol. The Morgan fingerprint density at radius 1 is 1.58 bits per heavy atom. The number of rotatable bonds is 3. The summed E-state index contributed by atoms with van der Waals surface area (Å²) in [6, 6.07) is 0.611. The van der Waals surface area contributed by atoms with Gasteiger partial charge in [0.05, 0.1) is 11.1 Å². The molecule has 0 saturated carbocycles. The van der Waals surface area contributed by atoms with E-state index in [2.05, 4.69) is 43.0 Å². The van der Waals surface area contributed by atoms with Crippen molar-refractivity contribution in [1.29, 1.82) is 0 Å². The van der Waals surface area contributed by atoms with E-state index in [4.69, 9.17) is 4.74 Å². The lowest BCUT2D eigenvalue weighted by Crippen LogP contribution is -2.42. The van der Waals surface area contributed by atoms with Crippen LogP contribution in [-0.2, 0) is 4.74 Å². The van der Waals surface area contributed by atoms with Gasteiger partial charge in [-0.25, -0.2) is 9.97 Å². The first-order chi connectivity index (χ1) is 9.28. The van der Waals surface area contributed by atoms with E-state index in [0.29, 0.717) is 6.04 Å². The summed E-state index contributed by atoms with van der Waals surface area (Å²) in [7, 11) is 0. The largest absolute Gasteiger partial charge is 0.369 e. The molecule has 2 unspecified atom stereocenters. The molecule has 5 nitrogen and oxygen atoms in total. The Morgan fingerprint density at radius 2 is 2.47 bits per heavy atom. The van der Waals surface area contributed by atoms with Crippen LogP contribution in [0.5, 0.6) is 0 Å². The first-order valence-corrected chi connectivity index (χ1v) is 7.69. The number of nitrogens with zero attached hydrogens (tertiary/aromatic N) is 3. The fourth-order valence-corrected chi connectivity index (χ4v) is 3.13. The highest BCUT2D eigenvalue weighted by molar-refractivity contribution is 9.10. The van der Waals surface area contributed by atoms with Crippen molar-refractivity contribution in [2.24, 2.45) is 0 Å². The molecule has 19 heavy (non-hydrogen) atoms. The Balaban J connectivity index is 1.76. The van der Waals surface area contributed by atoms with Crippen molar-refractivity contribution < 1.29 is 4.74 Å². The maximum absolute atomic E-state index is 5.94. The van der Waals surface area contributed by atoms with Gasteiger partial charge in [-0.05, 0) is 42.2 Å². The molecule has 1 N–H and O–H groups in total. The number of ether oxygens (including phenoxy) is 1. The second-order valence-electron chi connectivity index (χ2n) is 5.07. The second-order valence-corrected chi connectivity index (χ2v) is 5.92. The molecule has 0 spiro atoms. The fourth-order valence-electron chi connectivity index (χ4n) is 2.80. The van der Waals surface area contributed by atoms with Crippen LogP contribution in [0.4, 0.5) is 5.82 Å². The topological polar surface area (TPSA) is 50.3 Å². The molecule has 6 heteroatoms. The lowest BCUT2D eigenvalue weighted by molar-refractivity contribution is -0.0540. The van der Waals surface area contributed by atoms with Crippen LogP contribution in [0.15, 0.2) is 10.7 Å². The van der Waals surface area contributed by atoms with E-state index in [1.54, 1.807) is 6.20 Å². The van der Waals surface area contributed by atoms with Gasteiger partial charge in [-0.2, -0.15) is 0 Å². The van der Waals surface area contributed by atoms with E-state index < -0.39 is 0 Å². The van der Waals surface area contributed by atoms with Crippen LogP contribution in [0.3, 0.4) is 0 Å². The van der Waals surface area contributed by atoms with Crippen LogP contribution >= 0.6 is 15.9 Å². The third kappa shape index (κ3) is 2.75. The van der Waals surface area contributed by atoms with Crippen LogP contribution in [0.1, 0.15) is 31.7 Å². The first-order valence-electron chi connectivity index (χ1n) is 6.90. The van der Waals surface area contributed by atoms with Gasteiger partial charge in [0, 0.05) is 25.3 Å². The zero-order valence-corrected chi connectivity index (χ0v) is 12.7. The Morgan fingerprint density at radius 3 is 3.32 bits per heavy atom. The Bertz CT molecular complexity index is 456. The predicted octanol–water partition coefficient (Wildman–Crippen LogP) is 2.21. The van der Waals surface area contributed by atoms with Gasteiger partial charge < -0.3 is 10.1 Å². The molecule has 3 heterocycles. The molecule has 104 valence electrons. The molecular weight excluding hydrogens is 308 g/mol. The maximum Gasteiger partial charge on any atom is 0.160 e. The Labute approximate surface area is 121 Å². The van der Waals surface area contributed by atoms with Gasteiger partial charge in [0.15, 0.2) is 5.82 Å². The lowest BCUT2D eigenvalue weighted by Gasteiger charge is -2.34. The maximum atomic E-state index is 5.94. The summed E-state index contributed by atoms with van der Waals surface area (Å²) in [5, 5.41) is 3.23. The molecule has 1 aromatic rings. The van der Waals surface area contributed by atoms with Crippen LogP contribution in [0, 0.1) is 0 Å². The molecule has 2 fully saturated rings. The molecular formula is C13H19BrN4O. The highest BCUT2D eigenvalue weighted by Gasteiger charge is 2.34. The summed E-state index contributed by atoms with van der Waals surface area (Å²) in [6.07, 6.45) is 4.35. The standard InChI is InChI=1S/C13H19BrN4O/c1-2-15-12-10(14)6-16-13(17-12)11-7-18-5-3-4-9(18)8-19-11/h6,9,11H,2-5,7-8H2,1H3,(H,15,16,17). The highest BCUT2D eigenvalue weighted by atomic mass is 79.9. The summed E-state index contributed by atoms with van der Waals surface area (Å²) >= 11 is 3.46. The Kier molecular flexibility index (Phi) is 4.00.